The van der Waals surface area contributed by atoms with E-state index in [2.05, 4.69) is 5.32 Å². The molecule has 0 radical (unpaired) electrons. The maximum atomic E-state index is 5.38. The van der Waals surface area contributed by atoms with Crippen molar-refractivity contribution in [2.75, 3.05) is 6.61 Å². The first-order valence-electron chi connectivity index (χ1n) is 5.17. The number of hydrogen-bond acceptors (Lipinski definition) is 4. The van der Waals surface area contributed by atoms with Crippen molar-refractivity contribution in [3.63, 3.8) is 0 Å². The summed E-state index contributed by atoms with van der Waals surface area (Å²) in [7, 11) is 0. The van der Waals surface area contributed by atoms with Crippen molar-refractivity contribution in [1.29, 1.82) is 0 Å². The number of thiocarbonyl (C=S) groups is 2. The predicted octanol–water partition coefficient (Wildman–Crippen LogP) is 3.37. The third-order valence-electron chi connectivity index (χ3n) is 2.13. The van der Waals surface area contributed by atoms with E-state index in [4.69, 9.17) is 29.2 Å². The van der Waals surface area contributed by atoms with E-state index in [9.17, 15) is 0 Å². The van der Waals surface area contributed by atoms with Crippen LogP contribution in [0.2, 0.25) is 0 Å². The van der Waals surface area contributed by atoms with Gasteiger partial charge in [0.05, 0.1) is 6.61 Å². The number of ether oxygens (including phenoxy) is 1. The summed E-state index contributed by atoms with van der Waals surface area (Å²) in [6.45, 7) is 2.65. The Morgan fingerprint density at radius 2 is 2.00 bits per heavy atom. The zero-order chi connectivity index (χ0) is 12.3. The molecule has 2 nitrogen and oxygen atoms in total. The molecule has 1 saturated heterocycles. The lowest BCUT2D eigenvalue weighted by atomic mass is 10.2. The maximum absolute atomic E-state index is 5.38. The maximum Gasteiger partial charge on any atom is 0.143 e. The molecule has 1 N–H and O–H groups in total. The summed E-state index contributed by atoms with van der Waals surface area (Å²) < 4.78 is 6.10. The third-order valence-corrected chi connectivity index (χ3v) is 3.76. The van der Waals surface area contributed by atoms with Crippen LogP contribution >= 0.6 is 36.2 Å². The number of rotatable bonds is 3. The average Bonchev–Trinajstić information content (AvgIpc) is 2.61. The molecular formula is C12H11NOS3. The van der Waals surface area contributed by atoms with Crippen molar-refractivity contribution in [2.45, 2.75) is 6.92 Å². The number of thioether (sulfide) groups is 1. The van der Waals surface area contributed by atoms with Gasteiger partial charge in [-0.05, 0) is 30.7 Å². The predicted molar refractivity (Wildman–Crippen MR) is 81.5 cm³/mol. The highest BCUT2D eigenvalue weighted by Crippen LogP contribution is 2.27. The van der Waals surface area contributed by atoms with Crippen LogP contribution in [0.3, 0.4) is 0 Å². The standard InChI is InChI=1S/C12H11NOS3/c1-2-14-9-5-3-8(4-6-9)7-10-11(15)13-12(16)17-10/h3-7H,2H2,1H3,(H,13,15,16)/b10-7-. The molecule has 0 spiro atoms. The summed E-state index contributed by atoms with van der Waals surface area (Å²) in [6, 6.07) is 7.90. The minimum absolute atomic E-state index is 0.679. The fraction of sp³-hybridized carbons (Fsp3) is 0.167. The van der Waals surface area contributed by atoms with Gasteiger partial charge in [0.15, 0.2) is 0 Å². The third kappa shape index (κ3) is 3.28. The Bertz CT molecular complexity index is 479. The Labute approximate surface area is 115 Å². The highest BCUT2D eigenvalue weighted by molar-refractivity contribution is 8.27. The molecule has 5 heteroatoms. The van der Waals surface area contributed by atoms with Crippen LogP contribution in [-0.4, -0.2) is 15.9 Å². The van der Waals surface area contributed by atoms with Crippen LogP contribution in [0, 0.1) is 0 Å². The molecule has 1 heterocycles. The van der Waals surface area contributed by atoms with E-state index in [1.54, 1.807) is 0 Å². The smallest absolute Gasteiger partial charge is 0.143 e. The van der Waals surface area contributed by atoms with Gasteiger partial charge in [0.1, 0.15) is 15.1 Å². The highest BCUT2D eigenvalue weighted by atomic mass is 32.2. The van der Waals surface area contributed by atoms with Crippen molar-refractivity contribution in [1.82, 2.24) is 5.32 Å². The molecule has 0 amide bonds. The quantitative estimate of drug-likeness (QED) is 0.675. The van der Waals surface area contributed by atoms with Gasteiger partial charge in [-0.3, -0.25) is 0 Å². The van der Waals surface area contributed by atoms with E-state index in [1.165, 1.54) is 11.8 Å². The number of hydrogen-bond donors (Lipinski definition) is 1. The van der Waals surface area contributed by atoms with Gasteiger partial charge in [-0.15, -0.1) is 0 Å². The molecule has 0 aromatic heterocycles. The molecule has 1 aliphatic rings. The molecule has 88 valence electrons. The van der Waals surface area contributed by atoms with Gasteiger partial charge in [-0.2, -0.15) is 0 Å². The molecule has 1 aliphatic heterocycles. The van der Waals surface area contributed by atoms with E-state index < -0.39 is 0 Å². The van der Waals surface area contributed by atoms with E-state index in [0.29, 0.717) is 15.9 Å². The summed E-state index contributed by atoms with van der Waals surface area (Å²) in [5, 5.41) is 2.95. The van der Waals surface area contributed by atoms with Crippen LogP contribution in [0.5, 0.6) is 5.75 Å². The summed E-state index contributed by atoms with van der Waals surface area (Å²) in [6.07, 6.45) is 2.02. The highest BCUT2D eigenvalue weighted by Gasteiger charge is 2.17. The molecule has 0 atom stereocenters. The van der Waals surface area contributed by atoms with Crippen molar-refractivity contribution >= 4 is 51.6 Å². The minimum Gasteiger partial charge on any atom is -0.494 e. The van der Waals surface area contributed by atoms with Crippen LogP contribution < -0.4 is 10.1 Å². The first kappa shape index (κ1) is 12.5. The van der Waals surface area contributed by atoms with Gasteiger partial charge >= 0.3 is 0 Å². The number of benzene rings is 1. The van der Waals surface area contributed by atoms with E-state index in [1.807, 2.05) is 37.3 Å². The molecule has 0 bridgehead atoms. The van der Waals surface area contributed by atoms with Gasteiger partial charge in [0.25, 0.3) is 0 Å². The fourth-order valence-electron chi connectivity index (χ4n) is 1.40. The Morgan fingerprint density at radius 3 is 2.53 bits per heavy atom. The van der Waals surface area contributed by atoms with Crippen LogP contribution in [0.1, 0.15) is 12.5 Å². The minimum atomic E-state index is 0.679. The molecule has 0 saturated carbocycles. The topological polar surface area (TPSA) is 21.3 Å². The molecule has 17 heavy (non-hydrogen) atoms. The molecule has 1 aromatic rings. The SMILES string of the molecule is CCOc1ccc(/C=C2\SC(=S)NC2=S)cc1. The molecule has 2 rings (SSSR count). The van der Waals surface area contributed by atoms with Crippen LogP contribution in [0.15, 0.2) is 29.2 Å². The largest absolute Gasteiger partial charge is 0.494 e. The average molecular weight is 281 g/mol. The number of nitrogens with one attached hydrogen (secondary N) is 1. The van der Waals surface area contributed by atoms with E-state index >= 15 is 0 Å². The van der Waals surface area contributed by atoms with E-state index in [0.717, 1.165) is 16.2 Å². The Morgan fingerprint density at radius 1 is 1.29 bits per heavy atom. The van der Waals surface area contributed by atoms with Gasteiger partial charge in [0, 0.05) is 4.91 Å². The summed E-state index contributed by atoms with van der Waals surface area (Å²) in [4.78, 5) is 1.70. The summed E-state index contributed by atoms with van der Waals surface area (Å²) >= 11 is 11.7. The van der Waals surface area contributed by atoms with Crippen molar-refractivity contribution in [3.8, 4) is 5.75 Å². The van der Waals surface area contributed by atoms with E-state index in [-0.39, 0.29) is 0 Å². The first-order chi connectivity index (χ1) is 8.19. The lowest BCUT2D eigenvalue weighted by molar-refractivity contribution is 0.340. The van der Waals surface area contributed by atoms with Crippen LogP contribution in [0.4, 0.5) is 0 Å². The molecule has 1 fully saturated rings. The zero-order valence-corrected chi connectivity index (χ0v) is 11.7. The molecule has 0 aliphatic carbocycles. The molecular weight excluding hydrogens is 270 g/mol. The first-order valence-corrected chi connectivity index (χ1v) is 6.80. The van der Waals surface area contributed by atoms with Gasteiger partial charge in [-0.1, -0.05) is 48.3 Å². The van der Waals surface area contributed by atoms with Gasteiger partial charge in [0.2, 0.25) is 0 Å². The van der Waals surface area contributed by atoms with Crippen molar-refractivity contribution in [2.24, 2.45) is 0 Å². The zero-order valence-electron chi connectivity index (χ0n) is 9.23. The summed E-state index contributed by atoms with van der Waals surface area (Å²) in [5.74, 6) is 0.880. The second-order valence-corrected chi connectivity index (χ2v) is 5.48. The monoisotopic (exact) mass is 281 g/mol. The lowest BCUT2D eigenvalue weighted by Gasteiger charge is -2.02. The lowest BCUT2D eigenvalue weighted by Crippen LogP contribution is -2.15. The normalized spacial score (nSPS) is 17.4. The van der Waals surface area contributed by atoms with Gasteiger partial charge in [-0.25, -0.2) is 0 Å². The van der Waals surface area contributed by atoms with Gasteiger partial charge < -0.3 is 10.1 Å². The van der Waals surface area contributed by atoms with Crippen molar-refractivity contribution < 1.29 is 4.74 Å². The Balaban J connectivity index is 2.16. The summed E-state index contributed by atoms with van der Waals surface area (Å²) in [5.41, 5.74) is 1.09. The molecule has 0 unspecified atom stereocenters. The second-order valence-electron chi connectivity index (χ2n) is 3.35. The Kier molecular flexibility index (Phi) is 4.15. The van der Waals surface area contributed by atoms with Crippen LogP contribution in [-0.2, 0) is 0 Å². The van der Waals surface area contributed by atoms with Crippen LogP contribution in [0.25, 0.3) is 6.08 Å². The fourth-order valence-corrected chi connectivity index (χ4v) is 2.88. The van der Waals surface area contributed by atoms with Crippen molar-refractivity contribution in [3.05, 3.63) is 34.7 Å². The molecule has 1 aromatic carbocycles. The Hall–Kier alpha value is -0.910. The second kappa shape index (κ2) is 5.62.